The van der Waals surface area contributed by atoms with E-state index in [9.17, 15) is 10.0 Å². The number of carbonyl (C=O) groups is 1. The summed E-state index contributed by atoms with van der Waals surface area (Å²) in [6, 6.07) is 7.26. The van der Waals surface area contributed by atoms with Crippen LogP contribution in [-0.4, -0.2) is 49.8 Å². The Morgan fingerprint density at radius 3 is 2.65 bits per heavy atom. The third kappa shape index (κ3) is 3.82. The minimum atomic E-state index is -0.693. The fraction of sp³-hybridized carbons (Fsp3) is 0.400. The third-order valence-corrected chi connectivity index (χ3v) is 4.99. The molecule has 1 aromatic rings. The van der Waals surface area contributed by atoms with Gasteiger partial charge < -0.3 is 5.32 Å². The lowest BCUT2D eigenvalue weighted by Crippen LogP contribution is -2.55. The maximum absolute atomic E-state index is 11.8. The number of amides is 2. The van der Waals surface area contributed by atoms with Crippen LogP contribution >= 0.6 is 24.0 Å². The molecule has 1 aromatic carbocycles. The zero-order valence-corrected chi connectivity index (χ0v) is 15.1. The molecule has 2 amide bonds. The summed E-state index contributed by atoms with van der Waals surface area (Å²) in [5.74, 6) is 0. The maximum atomic E-state index is 11.8. The molecule has 1 aliphatic rings. The monoisotopic (exact) mass is 352 g/mol. The molecule has 1 fully saturated rings. The van der Waals surface area contributed by atoms with Gasteiger partial charge in [0.2, 0.25) is 0 Å². The smallest absolute Gasteiger partial charge is 0.339 e. The van der Waals surface area contributed by atoms with Gasteiger partial charge in [-0.15, -0.1) is 0 Å². The van der Waals surface area contributed by atoms with Crippen molar-refractivity contribution in [3.63, 3.8) is 0 Å². The lowest BCUT2D eigenvalue weighted by atomic mass is 10.1. The van der Waals surface area contributed by atoms with Gasteiger partial charge in [0.15, 0.2) is 10.5 Å². The standard InChI is InChI=1S/C15H20N4O2S2/c1-10-5-7-11(8-6-10)9-17-18-12(19(21)13(20)16-4)15(2,3)23-14(18)22/h5-9,12,21H,1-4H3,(H,16,20)/b17-9-/t12-/m0/s1. The number of thiocarbonyl (C=S) groups is 1. The van der Waals surface area contributed by atoms with Crippen LogP contribution in [0.25, 0.3) is 0 Å². The molecule has 0 saturated carbocycles. The van der Waals surface area contributed by atoms with Gasteiger partial charge in [-0.3, -0.25) is 5.21 Å². The summed E-state index contributed by atoms with van der Waals surface area (Å²) in [5.41, 5.74) is 2.07. The molecular formula is C15H20N4O2S2. The normalized spacial score (nSPS) is 20.1. The van der Waals surface area contributed by atoms with Gasteiger partial charge in [-0.1, -0.05) is 53.8 Å². The van der Waals surface area contributed by atoms with Crippen LogP contribution in [0.2, 0.25) is 0 Å². The van der Waals surface area contributed by atoms with E-state index in [4.69, 9.17) is 12.2 Å². The fourth-order valence-corrected chi connectivity index (χ4v) is 4.02. The van der Waals surface area contributed by atoms with Crippen molar-refractivity contribution in [2.75, 3.05) is 7.05 Å². The van der Waals surface area contributed by atoms with Crippen LogP contribution in [0.4, 0.5) is 4.79 Å². The van der Waals surface area contributed by atoms with Gasteiger partial charge >= 0.3 is 6.03 Å². The number of benzene rings is 1. The molecule has 0 aromatic heterocycles. The first-order valence-corrected chi connectivity index (χ1v) is 8.31. The van der Waals surface area contributed by atoms with Crippen molar-refractivity contribution in [3.8, 4) is 0 Å². The average Bonchev–Trinajstić information content (AvgIpc) is 2.73. The summed E-state index contributed by atoms with van der Waals surface area (Å²) >= 11 is 6.75. The molecule has 0 unspecified atom stereocenters. The van der Waals surface area contributed by atoms with Crippen molar-refractivity contribution in [3.05, 3.63) is 35.4 Å². The molecule has 2 N–H and O–H groups in total. The van der Waals surface area contributed by atoms with E-state index in [0.29, 0.717) is 9.38 Å². The number of nitrogens with zero attached hydrogens (tertiary/aromatic N) is 3. The second kappa shape index (κ2) is 6.86. The van der Waals surface area contributed by atoms with Crippen molar-refractivity contribution in [1.29, 1.82) is 0 Å². The van der Waals surface area contributed by atoms with E-state index in [2.05, 4.69) is 10.4 Å². The van der Waals surface area contributed by atoms with Crippen molar-refractivity contribution in [2.24, 2.45) is 5.10 Å². The molecule has 1 atom stereocenters. The van der Waals surface area contributed by atoms with Gasteiger partial charge in [-0.25, -0.2) is 9.80 Å². The number of hydrogen-bond donors (Lipinski definition) is 2. The second-order valence-corrected chi connectivity index (χ2v) is 8.03. The summed E-state index contributed by atoms with van der Waals surface area (Å²) in [4.78, 5) is 11.8. The molecule has 1 saturated heterocycles. The second-order valence-electron chi connectivity index (χ2n) is 5.74. The van der Waals surface area contributed by atoms with Crippen LogP contribution in [0.3, 0.4) is 0 Å². The van der Waals surface area contributed by atoms with E-state index in [1.54, 1.807) is 6.21 Å². The number of urea groups is 1. The van der Waals surface area contributed by atoms with E-state index >= 15 is 0 Å². The number of hydroxylamine groups is 2. The summed E-state index contributed by atoms with van der Waals surface area (Å²) < 4.78 is 0.00878. The van der Waals surface area contributed by atoms with Gasteiger partial charge in [0, 0.05) is 7.05 Å². The van der Waals surface area contributed by atoms with Gasteiger partial charge in [-0.2, -0.15) is 10.2 Å². The minimum absolute atomic E-state index is 0.497. The Balaban J connectivity index is 2.28. The lowest BCUT2D eigenvalue weighted by Gasteiger charge is -2.33. The van der Waals surface area contributed by atoms with E-state index < -0.39 is 16.9 Å². The summed E-state index contributed by atoms with van der Waals surface area (Å²) in [7, 11) is 1.46. The molecule has 0 spiro atoms. The lowest BCUT2D eigenvalue weighted by molar-refractivity contribution is -0.117. The van der Waals surface area contributed by atoms with E-state index in [0.717, 1.165) is 11.1 Å². The molecule has 1 aliphatic heterocycles. The topological polar surface area (TPSA) is 68.2 Å². The van der Waals surface area contributed by atoms with Crippen molar-refractivity contribution < 1.29 is 10.0 Å². The van der Waals surface area contributed by atoms with Gasteiger partial charge in [0.25, 0.3) is 0 Å². The van der Waals surface area contributed by atoms with Crippen LogP contribution in [0.5, 0.6) is 0 Å². The molecule has 2 rings (SSSR count). The van der Waals surface area contributed by atoms with Gasteiger partial charge in [0.05, 0.1) is 11.0 Å². The summed E-state index contributed by atoms with van der Waals surface area (Å²) in [6.45, 7) is 5.82. The van der Waals surface area contributed by atoms with Crippen LogP contribution in [0.1, 0.15) is 25.0 Å². The Morgan fingerprint density at radius 2 is 2.09 bits per heavy atom. The Kier molecular flexibility index (Phi) is 5.28. The van der Waals surface area contributed by atoms with E-state index in [-0.39, 0.29) is 0 Å². The molecule has 0 radical (unpaired) electrons. The zero-order chi connectivity index (χ0) is 17.2. The van der Waals surface area contributed by atoms with Crippen LogP contribution in [0.15, 0.2) is 29.4 Å². The number of rotatable bonds is 3. The first kappa shape index (κ1) is 17.7. The predicted molar refractivity (Wildman–Crippen MR) is 96.7 cm³/mol. The van der Waals surface area contributed by atoms with Crippen molar-refractivity contribution in [2.45, 2.75) is 31.7 Å². The Morgan fingerprint density at radius 1 is 1.48 bits per heavy atom. The molecule has 0 aliphatic carbocycles. The number of carbonyl (C=O) groups excluding carboxylic acids is 1. The van der Waals surface area contributed by atoms with Gasteiger partial charge in [0.1, 0.15) is 0 Å². The van der Waals surface area contributed by atoms with E-state index in [1.807, 2.05) is 45.0 Å². The quantitative estimate of drug-likeness (QED) is 0.379. The Hall–Kier alpha value is -1.64. The highest BCUT2D eigenvalue weighted by Crippen LogP contribution is 2.42. The zero-order valence-electron chi connectivity index (χ0n) is 13.5. The predicted octanol–water partition coefficient (Wildman–Crippen LogP) is 2.80. The fourth-order valence-electron chi connectivity index (χ4n) is 2.23. The largest absolute Gasteiger partial charge is 0.343 e. The molecule has 1 heterocycles. The van der Waals surface area contributed by atoms with Crippen molar-refractivity contribution >= 4 is 40.5 Å². The number of hydrogen-bond acceptors (Lipinski definition) is 5. The average molecular weight is 352 g/mol. The molecule has 124 valence electrons. The van der Waals surface area contributed by atoms with Crippen LogP contribution < -0.4 is 5.32 Å². The number of hydrazone groups is 1. The first-order valence-electron chi connectivity index (χ1n) is 7.09. The van der Waals surface area contributed by atoms with Crippen LogP contribution in [0, 0.1) is 6.92 Å². The molecule has 8 heteroatoms. The van der Waals surface area contributed by atoms with E-state index in [1.165, 1.54) is 23.8 Å². The number of thioether (sulfide) groups is 1. The molecule has 0 bridgehead atoms. The van der Waals surface area contributed by atoms with Crippen LogP contribution in [-0.2, 0) is 0 Å². The first-order chi connectivity index (χ1) is 10.8. The highest BCUT2D eigenvalue weighted by Gasteiger charge is 2.49. The minimum Gasteiger partial charge on any atom is -0.339 e. The Bertz CT molecular complexity index is 631. The van der Waals surface area contributed by atoms with Gasteiger partial charge in [-0.05, 0) is 26.3 Å². The summed E-state index contributed by atoms with van der Waals surface area (Å²) in [5, 5.41) is 19.1. The SMILES string of the molecule is CNC(=O)N(O)[C@@H]1N(/N=C\c2ccc(C)cc2)C(=S)SC1(C)C. The molecular weight excluding hydrogens is 332 g/mol. The Labute approximate surface area is 145 Å². The maximum Gasteiger partial charge on any atom is 0.343 e. The highest BCUT2D eigenvalue weighted by atomic mass is 32.2. The summed E-state index contributed by atoms with van der Waals surface area (Å²) in [6.07, 6.45) is 0.972. The number of aryl methyl sites for hydroxylation is 1. The third-order valence-electron chi connectivity index (χ3n) is 3.45. The van der Waals surface area contributed by atoms with Crippen molar-refractivity contribution in [1.82, 2.24) is 15.4 Å². The highest BCUT2D eigenvalue weighted by molar-refractivity contribution is 8.24. The number of nitrogens with one attached hydrogen (secondary N) is 1. The molecule has 23 heavy (non-hydrogen) atoms. The molecule has 6 nitrogen and oxygen atoms in total.